The predicted molar refractivity (Wildman–Crippen MR) is 69.2 cm³/mol. The smallest absolute Gasteiger partial charge is 0.126 e. The Morgan fingerprint density at radius 2 is 1.67 bits per heavy atom. The van der Waals surface area contributed by atoms with Crippen LogP contribution in [0.1, 0.15) is 32.3 Å². The van der Waals surface area contributed by atoms with Gasteiger partial charge in [0.05, 0.1) is 0 Å². The quantitative estimate of drug-likeness (QED) is 0.791. The van der Waals surface area contributed by atoms with Gasteiger partial charge in [0.15, 0.2) is 0 Å². The van der Waals surface area contributed by atoms with Crippen molar-refractivity contribution in [2.45, 2.75) is 33.2 Å². The van der Waals surface area contributed by atoms with Gasteiger partial charge in [0.25, 0.3) is 0 Å². The van der Waals surface area contributed by atoms with E-state index in [1.54, 1.807) is 0 Å². The van der Waals surface area contributed by atoms with E-state index in [9.17, 15) is 8.78 Å². The average Bonchev–Trinajstić information content (AvgIpc) is 2.28. The molecule has 0 atom stereocenters. The molecular weight excluding hydrogens is 232 g/mol. The second-order valence-corrected chi connectivity index (χ2v) is 5.64. The van der Waals surface area contributed by atoms with Crippen molar-refractivity contribution in [2.24, 2.45) is 11.8 Å². The van der Waals surface area contributed by atoms with E-state index in [2.05, 4.69) is 18.7 Å². The maximum atomic E-state index is 13.1. The normalized spacial score (nSPS) is 18.5. The molecule has 1 heterocycles. The second-order valence-electron chi connectivity index (χ2n) is 5.64. The Labute approximate surface area is 108 Å². The summed E-state index contributed by atoms with van der Waals surface area (Å²) in [4.78, 5) is 2.28. The van der Waals surface area contributed by atoms with E-state index in [1.807, 2.05) is 0 Å². The van der Waals surface area contributed by atoms with Crippen molar-refractivity contribution in [2.75, 3.05) is 13.1 Å². The van der Waals surface area contributed by atoms with Crippen molar-refractivity contribution in [3.05, 3.63) is 35.4 Å². The Bertz CT molecular complexity index is 375. The highest BCUT2D eigenvalue weighted by atomic mass is 19.1. The molecular formula is C15H21F2N. The number of hydrogen-bond donors (Lipinski definition) is 0. The molecule has 0 bridgehead atoms. The Morgan fingerprint density at radius 3 is 2.17 bits per heavy atom. The van der Waals surface area contributed by atoms with Crippen LogP contribution in [0.5, 0.6) is 0 Å². The van der Waals surface area contributed by atoms with Crippen molar-refractivity contribution < 1.29 is 8.78 Å². The van der Waals surface area contributed by atoms with Crippen LogP contribution in [-0.4, -0.2) is 18.0 Å². The molecule has 0 aromatic heterocycles. The van der Waals surface area contributed by atoms with E-state index in [-0.39, 0.29) is 0 Å². The number of nitrogens with zero attached hydrogens (tertiary/aromatic N) is 1. The van der Waals surface area contributed by atoms with E-state index in [1.165, 1.54) is 25.0 Å². The fourth-order valence-electron chi connectivity index (χ4n) is 2.74. The Balaban J connectivity index is 1.91. The van der Waals surface area contributed by atoms with E-state index in [0.29, 0.717) is 6.54 Å². The van der Waals surface area contributed by atoms with E-state index in [4.69, 9.17) is 0 Å². The maximum absolute atomic E-state index is 13.1. The zero-order valence-electron chi connectivity index (χ0n) is 11.1. The molecule has 2 rings (SSSR count). The first-order valence-electron chi connectivity index (χ1n) is 6.72. The van der Waals surface area contributed by atoms with Crippen molar-refractivity contribution in [3.63, 3.8) is 0 Å². The summed E-state index contributed by atoms with van der Waals surface area (Å²) < 4.78 is 26.2. The van der Waals surface area contributed by atoms with Crippen LogP contribution < -0.4 is 0 Å². The minimum absolute atomic E-state index is 0.484. The third-order valence-corrected chi connectivity index (χ3v) is 3.90. The van der Waals surface area contributed by atoms with Gasteiger partial charge < -0.3 is 0 Å². The van der Waals surface area contributed by atoms with Crippen LogP contribution in [0.4, 0.5) is 8.78 Å². The lowest BCUT2D eigenvalue weighted by atomic mass is 9.86. The number of benzene rings is 1. The molecule has 1 saturated heterocycles. The minimum Gasteiger partial charge on any atom is -0.299 e. The highest BCUT2D eigenvalue weighted by Crippen LogP contribution is 2.25. The molecule has 1 aliphatic heterocycles. The molecule has 0 aliphatic carbocycles. The largest absolute Gasteiger partial charge is 0.299 e. The predicted octanol–water partition coefficient (Wildman–Crippen LogP) is 3.83. The topological polar surface area (TPSA) is 3.24 Å². The standard InChI is InChI=1S/C15H21F2N/c1-11(2)13-3-5-18(6-4-13)10-12-7-14(16)9-15(17)8-12/h7-9,11,13H,3-6,10H2,1-2H3. The van der Waals surface area contributed by atoms with Crippen LogP contribution in [0, 0.1) is 23.5 Å². The Hall–Kier alpha value is -0.960. The number of halogens is 2. The molecule has 1 aromatic rings. The number of hydrogen-bond acceptors (Lipinski definition) is 1. The summed E-state index contributed by atoms with van der Waals surface area (Å²) in [7, 11) is 0. The molecule has 0 saturated carbocycles. The maximum Gasteiger partial charge on any atom is 0.126 e. The average molecular weight is 253 g/mol. The zero-order valence-corrected chi connectivity index (χ0v) is 11.1. The summed E-state index contributed by atoms with van der Waals surface area (Å²) in [6.45, 7) is 7.24. The number of likely N-dealkylation sites (tertiary alicyclic amines) is 1. The second kappa shape index (κ2) is 5.79. The highest BCUT2D eigenvalue weighted by molar-refractivity contribution is 5.17. The molecule has 18 heavy (non-hydrogen) atoms. The summed E-state index contributed by atoms with van der Waals surface area (Å²) in [5.74, 6) is 0.563. The van der Waals surface area contributed by atoms with Gasteiger partial charge in [0.2, 0.25) is 0 Å². The highest BCUT2D eigenvalue weighted by Gasteiger charge is 2.21. The Morgan fingerprint density at radius 1 is 1.11 bits per heavy atom. The van der Waals surface area contributed by atoms with Crippen molar-refractivity contribution in [1.29, 1.82) is 0 Å². The molecule has 0 amide bonds. The van der Waals surface area contributed by atoms with E-state index >= 15 is 0 Å². The SMILES string of the molecule is CC(C)C1CCN(Cc2cc(F)cc(F)c2)CC1. The van der Waals surface area contributed by atoms with Gasteiger partial charge in [-0.1, -0.05) is 13.8 Å². The van der Waals surface area contributed by atoms with Gasteiger partial charge in [-0.2, -0.15) is 0 Å². The first-order chi connectivity index (χ1) is 8.54. The molecule has 1 nitrogen and oxygen atoms in total. The molecule has 100 valence electrons. The van der Waals surface area contributed by atoms with Gasteiger partial charge in [-0.15, -0.1) is 0 Å². The van der Waals surface area contributed by atoms with Gasteiger partial charge in [-0.3, -0.25) is 4.90 Å². The van der Waals surface area contributed by atoms with Crippen LogP contribution in [0.2, 0.25) is 0 Å². The molecule has 1 aromatic carbocycles. The lowest BCUT2D eigenvalue weighted by molar-refractivity contribution is 0.152. The summed E-state index contributed by atoms with van der Waals surface area (Å²) in [6, 6.07) is 3.78. The summed E-state index contributed by atoms with van der Waals surface area (Å²) in [6.07, 6.45) is 2.38. The third kappa shape index (κ3) is 3.52. The number of piperidine rings is 1. The molecule has 0 spiro atoms. The summed E-state index contributed by atoms with van der Waals surface area (Å²) >= 11 is 0. The summed E-state index contributed by atoms with van der Waals surface area (Å²) in [5, 5.41) is 0. The van der Waals surface area contributed by atoms with Crippen LogP contribution in [-0.2, 0) is 6.54 Å². The van der Waals surface area contributed by atoms with Gasteiger partial charge in [-0.25, -0.2) is 8.78 Å². The molecule has 3 heteroatoms. The van der Waals surface area contributed by atoms with Gasteiger partial charge >= 0.3 is 0 Å². The molecule has 0 radical (unpaired) electrons. The minimum atomic E-state index is -0.484. The van der Waals surface area contributed by atoms with Crippen LogP contribution in [0.3, 0.4) is 0 Å². The fourth-order valence-corrected chi connectivity index (χ4v) is 2.74. The zero-order chi connectivity index (χ0) is 13.1. The van der Waals surface area contributed by atoms with Crippen LogP contribution >= 0.6 is 0 Å². The molecule has 1 aliphatic rings. The lowest BCUT2D eigenvalue weighted by Crippen LogP contribution is -2.34. The lowest BCUT2D eigenvalue weighted by Gasteiger charge is -2.33. The monoisotopic (exact) mass is 253 g/mol. The molecule has 0 N–H and O–H groups in total. The van der Waals surface area contributed by atoms with Crippen LogP contribution in [0.15, 0.2) is 18.2 Å². The van der Waals surface area contributed by atoms with Gasteiger partial charge in [-0.05, 0) is 55.5 Å². The third-order valence-electron chi connectivity index (χ3n) is 3.90. The molecule has 0 unspecified atom stereocenters. The first kappa shape index (κ1) is 13.5. The Kier molecular flexibility index (Phi) is 4.33. The molecule has 1 fully saturated rings. The fraction of sp³-hybridized carbons (Fsp3) is 0.600. The number of rotatable bonds is 3. The van der Waals surface area contributed by atoms with Crippen molar-refractivity contribution >= 4 is 0 Å². The van der Waals surface area contributed by atoms with Gasteiger partial charge in [0, 0.05) is 12.6 Å². The summed E-state index contributed by atoms with van der Waals surface area (Å²) in [5.41, 5.74) is 0.732. The van der Waals surface area contributed by atoms with Crippen LogP contribution in [0.25, 0.3) is 0 Å². The first-order valence-corrected chi connectivity index (χ1v) is 6.72. The van der Waals surface area contributed by atoms with Crippen molar-refractivity contribution in [3.8, 4) is 0 Å². The van der Waals surface area contributed by atoms with E-state index in [0.717, 1.165) is 36.6 Å². The van der Waals surface area contributed by atoms with Crippen molar-refractivity contribution in [1.82, 2.24) is 4.90 Å². The van der Waals surface area contributed by atoms with Gasteiger partial charge in [0.1, 0.15) is 11.6 Å². The van der Waals surface area contributed by atoms with E-state index < -0.39 is 11.6 Å².